The normalized spacial score (nSPS) is 9.68. The van der Waals surface area contributed by atoms with Gasteiger partial charge < -0.3 is 9.73 Å². The van der Waals surface area contributed by atoms with Gasteiger partial charge in [-0.2, -0.15) is 0 Å². The summed E-state index contributed by atoms with van der Waals surface area (Å²) >= 11 is 0. The van der Waals surface area contributed by atoms with E-state index < -0.39 is 5.91 Å². The first-order valence-electron chi connectivity index (χ1n) is 5.67. The second kappa shape index (κ2) is 6.25. The summed E-state index contributed by atoms with van der Waals surface area (Å²) in [5, 5.41) is 2.44. The second-order valence-electron chi connectivity index (χ2n) is 3.70. The standard InChI is InChI=1S/C13H13N3O3/c17-12(16-15-10-5-2-1-3-6-10)9-14-13(18)11-7-4-8-19-11/h1-8,15H,9H2,(H,14,18)(H,16,17). The number of benzene rings is 1. The van der Waals surface area contributed by atoms with Gasteiger partial charge in [0.25, 0.3) is 11.8 Å². The fourth-order valence-electron chi connectivity index (χ4n) is 1.36. The van der Waals surface area contributed by atoms with E-state index >= 15 is 0 Å². The number of carbonyl (C=O) groups excluding carboxylic acids is 2. The zero-order chi connectivity index (χ0) is 13.5. The fourth-order valence-corrected chi connectivity index (χ4v) is 1.36. The Morgan fingerprint density at radius 3 is 2.53 bits per heavy atom. The molecule has 0 fully saturated rings. The number of rotatable bonds is 5. The number of hydrazine groups is 1. The quantitative estimate of drug-likeness (QED) is 0.703. The molecule has 3 N–H and O–H groups in total. The fraction of sp³-hybridized carbons (Fsp3) is 0.0769. The molecule has 6 heteroatoms. The SMILES string of the molecule is O=C(CNC(=O)c1ccco1)NNc1ccccc1. The van der Waals surface area contributed by atoms with E-state index in [2.05, 4.69) is 16.2 Å². The maximum Gasteiger partial charge on any atom is 0.287 e. The van der Waals surface area contributed by atoms with E-state index in [-0.39, 0.29) is 18.2 Å². The predicted octanol–water partition coefficient (Wildman–Crippen LogP) is 1.15. The molecule has 0 saturated carbocycles. The summed E-state index contributed by atoms with van der Waals surface area (Å²) in [6, 6.07) is 12.3. The Morgan fingerprint density at radius 2 is 1.84 bits per heavy atom. The van der Waals surface area contributed by atoms with Crippen molar-refractivity contribution in [2.45, 2.75) is 0 Å². The van der Waals surface area contributed by atoms with Crippen LogP contribution < -0.4 is 16.2 Å². The van der Waals surface area contributed by atoms with Crippen LogP contribution in [0, 0.1) is 0 Å². The van der Waals surface area contributed by atoms with Crippen LogP contribution in [0.25, 0.3) is 0 Å². The lowest BCUT2D eigenvalue weighted by Crippen LogP contribution is -2.39. The van der Waals surface area contributed by atoms with Crippen molar-refractivity contribution in [3.8, 4) is 0 Å². The van der Waals surface area contributed by atoms with Crippen molar-refractivity contribution in [3.05, 3.63) is 54.5 Å². The molecule has 0 spiro atoms. The van der Waals surface area contributed by atoms with Gasteiger partial charge in [0, 0.05) is 0 Å². The predicted molar refractivity (Wildman–Crippen MR) is 69.2 cm³/mol. The van der Waals surface area contributed by atoms with Gasteiger partial charge in [-0.05, 0) is 24.3 Å². The number of para-hydroxylation sites is 1. The summed E-state index contributed by atoms with van der Waals surface area (Å²) in [5.41, 5.74) is 5.95. The average Bonchev–Trinajstić information content (AvgIpc) is 2.98. The van der Waals surface area contributed by atoms with Crippen molar-refractivity contribution in [2.75, 3.05) is 12.0 Å². The van der Waals surface area contributed by atoms with Crippen molar-refractivity contribution in [2.24, 2.45) is 0 Å². The Hall–Kier alpha value is -2.76. The third-order valence-corrected chi connectivity index (χ3v) is 2.27. The van der Waals surface area contributed by atoms with Crippen LogP contribution in [-0.2, 0) is 4.79 Å². The van der Waals surface area contributed by atoms with Gasteiger partial charge in [0.05, 0.1) is 18.5 Å². The molecule has 6 nitrogen and oxygen atoms in total. The van der Waals surface area contributed by atoms with Crippen molar-refractivity contribution in [1.29, 1.82) is 0 Å². The summed E-state index contributed by atoms with van der Waals surface area (Å²) in [6.07, 6.45) is 1.39. The Balaban J connectivity index is 1.72. The third kappa shape index (κ3) is 3.88. The molecule has 0 radical (unpaired) electrons. The lowest BCUT2D eigenvalue weighted by Gasteiger charge is -2.08. The zero-order valence-corrected chi connectivity index (χ0v) is 10.1. The van der Waals surface area contributed by atoms with Gasteiger partial charge in [-0.15, -0.1) is 0 Å². The molecule has 19 heavy (non-hydrogen) atoms. The molecule has 98 valence electrons. The van der Waals surface area contributed by atoms with E-state index in [1.807, 2.05) is 30.3 Å². The van der Waals surface area contributed by atoms with E-state index in [1.54, 1.807) is 6.07 Å². The van der Waals surface area contributed by atoms with Crippen molar-refractivity contribution in [3.63, 3.8) is 0 Å². The average molecular weight is 259 g/mol. The number of anilines is 1. The summed E-state index contributed by atoms with van der Waals surface area (Å²) in [7, 11) is 0. The van der Waals surface area contributed by atoms with Gasteiger partial charge in [-0.1, -0.05) is 18.2 Å². The van der Waals surface area contributed by atoms with Crippen molar-refractivity contribution < 1.29 is 14.0 Å². The highest BCUT2D eigenvalue weighted by atomic mass is 16.3. The van der Waals surface area contributed by atoms with Crippen LogP contribution in [0.1, 0.15) is 10.6 Å². The molecule has 2 amide bonds. The first kappa shape index (κ1) is 12.7. The summed E-state index contributed by atoms with van der Waals surface area (Å²) in [6.45, 7) is -0.140. The Morgan fingerprint density at radius 1 is 1.05 bits per heavy atom. The molecule has 0 aliphatic carbocycles. The number of hydrogen-bond donors (Lipinski definition) is 3. The minimum atomic E-state index is -0.431. The molecule has 1 heterocycles. The smallest absolute Gasteiger partial charge is 0.287 e. The van der Waals surface area contributed by atoms with Crippen LogP contribution in [0.15, 0.2) is 53.1 Å². The maximum absolute atomic E-state index is 11.5. The van der Waals surface area contributed by atoms with E-state index in [0.29, 0.717) is 0 Å². The van der Waals surface area contributed by atoms with Crippen molar-refractivity contribution >= 4 is 17.5 Å². The minimum Gasteiger partial charge on any atom is -0.459 e. The van der Waals surface area contributed by atoms with E-state index in [4.69, 9.17) is 4.42 Å². The van der Waals surface area contributed by atoms with Crippen LogP contribution in [0.4, 0.5) is 5.69 Å². The molecule has 2 aromatic rings. The van der Waals surface area contributed by atoms with Crippen molar-refractivity contribution in [1.82, 2.24) is 10.7 Å². The molecule has 2 rings (SSSR count). The number of hydrogen-bond acceptors (Lipinski definition) is 4. The van der Waals surface area contributed by atoms with E-state index in [1.165, 1.54) is 12.3 Å². The van der Waals surface area contributed by atoms with Gasteiger partial charge in [-0.3, -0.25) is 20.4 Å². The topological polar surface area (TPSA) is 83.4 Å². The van der Waals surface area contributed by atoms with Crippen LogP contribution in [0.5, 0.6) is 0 Å². The summed E-state index contributed by atoms with van der Waals surface area (Å²) < 4.78 is 4.90. The monoisotopic (exact) mass is 259 g/mol. The van der Waals surface area contributed by atoms with Gasteiger partial charge in [0.2, 0.25) is 0 Å². The number of furan rings is 1. The third-order valence-electron chi connectivity index (χ3n) is 2.27. The first-order chi connectivity index (χ1) is 9.25. The van der Waals surface area contributed by atoms with Gasteiger partial charge >= 0.3 is 0 Å². The molecule has 1 aromatic carbocycles. The Labute approximate surface area is 109 Å². The van der Waals surface area contributed by atoms with Gasteiger partial charge in [-0.25, -0.2) is 0 Å². The molecule has 0 unspecified atom stereocenters. The largest absolute Gasteiger partial charge is 0.459 e. The Kier molecular flexibility index (Phi) is 4.17. The number of carbonyl (C=O) groups is 2. The molecule has 0 aliphatic heterocycles. The Bertz CT molecular complexity index is 538. The van der Waals surface area contributed by atoms with E-state index in [0.717, 1.165) is 5.69 Å². The van der Waals surface area contributed by atoms with Crippen LogP contribution in [0.3, 0.4) is 0 Å². The maximum atomic E-state index is 11.5. The van der Waals surface area contributed by atoms with Crippen LogP contribution >= 0.6 is 0 Å². The molecule has 1 aromatic heterocycles. The molecule has 0 bridgehead atoms. The molecule has 0 atom stereocenters. The van der Waals surface area contributed by atoms with Crippen LogP contribution in [-0.4, -0.2) is 18.4 Å². The molecular formula is C13H13N3O3. The number of nitrogens with one attached hydrogen (secondary N) is 3. The molecule has 0 aliphatic rings. The zero-order valence-electron chi connectivity index (χ0n) is 10.1. The van der Waals surface area contributed by atoms with E-state index in [9.17, 15) is 9.59 Å². The van der Waals surface area contributed by atoms with Gasteiger partial charge in [0.1, 0.15) is 0 Å². The highest BCUT2D eigenvalue weighted by Crippen LogP contribution is 2.02. The van der Waals surface area contributed by atoms with Gasteiger partial charge in [0.15, 0.2) is 5.76 Å². The summed E-state index contributed by atoms with van der Waals surface area (Å²) in [4.78, 5) is 23.0. The first-order valence-corrected chi connectivity index (χ1v) is 5.67. The molecule has 0 saturated heterocycles. The number of amides is 2. The summed E-state index contributed by atoms with van der Waals surface area (Å²) in [5.74, 6) is -0.618. The molecular weight excluding hydrogens is 246 g/mol. The highest BCUT2D eigenvalue weighted by molar-refractivity contribution is 5.94. The van der Waals surface area contributed by atoms with Crippen LogP contribution in [0.2, 0.25) is 0 Å². The second-order valence-corrected chi connectivity index (χ2v) is 3.70. The lowest BCUT2D eigenvalue weighted by molar-refractivity contribution is -0.119. The minimum absolute atomic E-state index is 0.140. The lowest BCUT2D eigenvalue weighted by atomic mass is 10.3. The highest BCUT2D eigenvalue weighted by Gasteiger charge is 2.09.